The molecule has 0 amide bonds. The number of aryl methyl sites for hydroxylation is 1. The maximum absolute atomic E-state index is 13.3. The van der Waals surface area contributed by atoms with Crippen molar-refractivity contribution in [3.8, 4) is 0 Å². The lowest BCUT2D eigenvalue weighted by molar-refractivity contribution is -0.138. The number of imidazole rings is 1. The molecule has 6 nitrogen and oxygen atoms in total. The number of ether oxygens (including phenoxy) is 1. The van der Waals surface area contributed by atoms with Crippen LogP contribution < -0.4 is 5.32 Å². The number of aromatic nitrogens is 2. The van der Waals surface area contributed by atoms with Crippen LogP contribution in [0, 0.1) is 5.82 Å². The number of esters is 1. The van der Waals surface area contributed by atoms with E-state index < -0.39 is 12.0 Å². The van der Waals surface area contributed by atoms with Gasteiger partial charge in [0.15, 0.2) is 11.7 Å². The fourth-order valence-electron chi connectivity index (χ4n) is 2.74. The molecule has 0 spiro atoms. The lowest BCUT2D eigenvalue weighted by Crippen LogP contribution is -2.34. The first-order valence-electron chi connectivity index (χ1n) is 7.97. The Bertz CT molecular complexity index is 852. The Balaban J connectivity index is 2.08. The van der Waals surface area contributed by atoms with Gasteiger partial charge in [0.1, 0.15) is 11.9 Å². The van der Waals surface area contributed by atoms with Crippen LogP contribution in [0.5, 0.6) is 0 Å². The third-order valence-electron chi connectivity index (χ3n) is 3.96. The molecule has 0 fully saturated rings. The highest BCUT2D eigenvalue weighted by molar-refractivity contribution is 6.01. The normalized spacial score (nSPS) is 17.1. The molecule has 1 aliphatic heterocycles. The number of halogens is 1. The molecule has 1 aromatic heterocycles. The van der Waals surface area contributed by atoms with Crippen molar-refractivity contribution in [1.82, 2.24) is 14.9 Å². The molecule has 130 valence electrons. The number of aliphatic imine (C=N–C) groups is 1. The van der Waals surface area contributed by atoms with Crippen molar-refractivity contribution in [2.45, 2.75) is 19.9 Å². The number of carbonyl (C=O) groups excluding carboxylic acids is 1. The fraction of sp³-hybridized carbons (Fsp3) is 0.278. The molecule has 0 saturated carbocycles. The Morgan fingerprint density at radius 2 is 2.08 bits per heavy atom. The van der Waals surface area contributed by atoms with Gasteiger partial charge < -0.3 is 14.6 Å². The molecule has 0 radical (unpaired) electrons. The molecule has 1 N–H and O–H groups in total. The molecular formula is C18H19FN4O2. The van der Waals surface area contributed by atoms with E-state index in [1.54, 1.807) is 32.2 Å². The van der Waals surface area contributed by atoms with Crippen LogP contribution in [-0.4, -0.2) is 28.0 Å². The van der Waals surface area contributed by atoms with Crippen LogP contribution in [0.2, 0.25) is 0 Å². The van der Waals surface area contributed by atoms with Crippen LogP contribution in [0.25, 0.3) is 0 Å². The van der Waals surface area contributed by atoms with Crippen molar-refractivity contribution in [2.24, 2.45) is 12.0 Å². The lowest BCUT2D eigenvalue weighted by atomic mass is 9.96. The zero-order valence-corrected chi connectivity index (χ0v) is 14.3. The molecule has 2 aromatic rings. The molecule has 3 rings (SSSR count). The zero-order valence-electron chi connectivity index (χ0n) is 14.3. The highest BCUT2D eigenvalue weighted by Crippen LogP contribution is 2.32. The van der Waals surface area contributed by atoms with Crippen molar-refractivity contribution in [1.29, 1.82) is 0 Å². The van der Waals surface area contributed by atoms with Gasteiger partial charge in [-0.1, -0.05) is 12.1 Å². The number of allylic oxidation sites excluding steroid dienone is 1. The summed E-state index contributed by atoms with van der Waals surface area (Å²) >= 11 is 0. The van der Waals surface area contributed by atoms with E-state index in [2.05, 4.69) is 15.3 Å². The SMILES string of the molecule is CCOC(=O)C1=C(C)NC(c2nccn2C)=N[C@@H]1c1ccc(F)cc1. The van der Waals surface area contributed by atoms with Gasteiger partial charge in [-0.25, -0.2) is 14.2 Å². The maximum Gasteiger partial charge on any atom is 0.338 e. The second-order valence-corrected chi connectivity index (χ2v) is 5.68. The predicted octanol–water partition coefficient (Wildman–Crippen LogP) is 2.49. The minimum absolute atomic E-state index is 0.266. The average Bonchev–Trinajstić information content (AvgIpc) is 3.01. The van der Waals surface area contributed by atoms with E-state index >= 15 is 0 Å². The Hall–Kier alpha value is -2.96. The van der Waals surface area contributed by atoms with Crippen molar-refractivity contribution in [2.75, 3.05) is 6.61 Å². The summed E-state index contributed by atoms with van der Waals surface area (Å²) in [6.45, 7) is 3.81. The molecule has 0 bridgehead atoms. The molecule has 0 unspecified atom stereocenters. The summed E-state index contributed by atoms with van der Waals surface area (Å²) in [5.41, 5.74) is 1.75. The third-order valence-corrected chi connectivity index (χ3v) is 3.96. The van der Waals surface area contributed by atoms with Gasteiger partial charge in [-0.05, 0) is 31.5 Å². The zero-order chi connectivity index (χ0) is 18.0. The quantitative estimate of drug-likeness (QED) is 0.867. The highest BCUT2D eigenvalue weighted by Gasteiger charge is 2.31. The highest BCUT2D eigenvalue weighted by atomic mass is 19.1. The molecule has 2 heterocycles. The van der Waals surface area contributed by atoms with Gasteiger partial charge >= 0.3 is 5.97 Å². The Labute approximate surface area is 145 Å². The minimum atomic E-state index is -0.590. The summed E-state index contributed by atoms with van der Waals surface area (Å²) in [4.78, 5) is 21.4. The summed E-state index contributed by atoms with van der Waals surface area (Å²) in [7, 11) is 1.86. The van der Waals surface area contributed by atoms with E-state index in [1.807, 2.05) is 17.8 Å². The number of hydrogen-bond acceptors (Lipinski definition) is 5. The van der Waals surface area contributed by atoms with Crippen LogP contribution in [-0.2, 0) is 16.6 Å². The number of nitrogens with one attached hydrogen (secondary N) is 1. The number of carbonyl (C=O) groups is 1. The Morgan fingerprint density at radius 1 is 1.36 bits per heavy atom. The van der Waals surface area contributed by atoms with Crippen LogP contribution >= 0.6 is 0 Å². The van der Waals surface area contributed by atoms with Gasteiger partial charge in [0, 0.05) is 25.1 Å². The van der Waals surface area contributed by atoms with E-state index in [0.717, 1.165) is 0 Å². The second-order valence-electron chi connectivity index (χ2n) is 5.68. The smallest absolute Gasteiger partial charge is 0.338 e. The Morgan fingerprint density at radius 3 is 2.68 bits per heavy atom. The van der Waals surface area contributed by atoms with Crippen LogP contribution in [0.4, 0.5) is 4.39 Å². The summed E-state index contributed by atoms with van der Waals surface area (Å²) in [5.74, 6) is 0.413. The molecule has 0 saturated heterocycles. The van der Waals surface area contributed by atoms with Gasteiger partial charge in [0.05, 0.1) is 12.2 Å². The van der Waals surface area contributed by atoms with Gasteiger partial charge in [-0.3, -0.25) is 4.99 Å². The topological polar surface area (TPSA) is 68.5 Å². The number of nitrogens with zero attached hydrogens (tertiary/aromatic N) is 3. The maximum atomic E-state index is 13.3. The van der Waals surface area contributed by atoms with E-state index in [9.17, 15) is 9.18 Å². The predicted molar refractivity (Wildman–Crippen MR) is 91.4 cm³/mol. The summed E-state index contributed by atoms with van der Waals surface area (Å²) in [5, 5.41) is 3.13. The van der Waals surface area contributed by atoms with Crippen molar-refractivity contribution in [3.05, 3.63) is 65.1 Å². The van der Waals surface area contributed by atoms with Crippen molar-refractivity contribution >= 4 is 11.8 Å². The first-order chi connectivity index (χ1) is 12.0. The van der Waals surface area contributed by atoms with E-state index in [1.165, 1.54) is 12.1 Å². The number of rotatable bonds is 4. The van der Waals surface area contributed by atoms with Gasteiger partial charge in [-0.15, -0.1) is 0 Å². The first kappa shape index (κ1) is 16.9. The molecule has 25 heavy (non-hydrogen) atoms. The average molecular weight is 342 g/mol. The van der Waals surface area contributed by atoms with E-state index in [4.69, 9.17) is 4.74 Å². The van der Waals surface area contributed by atoms with Crippen LogP contribution in [0.3, 0.4) is 0 Å². The molecule has 1 atom stereocenters. The molecule has 7 heteroatoms. The number of hydrogen-bond donors (Lipinski definition) is 1. The van der Waals surface area contributed by atoms with Gasteiger partial charge in [-0.2, -0.15) is 0 Å². The minimum Gasteiger partial charge on any atom is -0.463 e. The molecule has 1 aliphatic rings. The summed E-state index contributed by atoms with van der Waals surface area (Å²) in [6.07, 6.45) is 3.48. The molecule has 0 aliphatic carbocycles. The van der Waals surface area contributed by atoms with Crippen molar-refractivity contribution in [3.63, 3.8) is 0 Å². The largest absolute Gasteiger partial charge is 0.463 e. The first-order valence-corrected chi connectivity index (χ1v) is 7.97. The van der Waals surface area contributed by atoms with Gasteiger partial charge in [0.2, 0.25) is 0 Å². The van der Waals surface area contributed by atoms with E-state index in [-0.39, 0.29) is 12.4 Å². The number of benzene rings is 1. The monoisotopic (exact) mass is 342 g/mol. The van der Waals surface area contributed by atoms with Crippen LogP contribution in [0.15, 0.2) is 52.9 Å². The molecule has 1 aromatic carbocycles. The van der Waals surface area contributed by atoms with Crippen LogP contribution in [0.1, 0.15) is 31.3 Å². The van der Waals surface area contributed by atoms with Crippen molar-refractivity contribution < 1.29 is 13.9 Å². The number of amidine groups is 1. The summed E-state index contributed by atoms with van der Waals surface area (Å²) in [6, 6.07) is 5.36. The second kappa shape index (κ2) is 6.88. The third kappa shape index (κ3) is 3.31. The van der Waals surface area contributed by atoms with Gasteiger partial charge in [0.25, 0.3) is 0 Å². The lowest BCUT2D eigenvalue weighted by Gasteiger charge is -2.25. The molecular weight excluding hydrogens is 323 g/mol. The fourth-order valence-corrected chi connectivity index (χ4v) is 2.74. The summed E-state index contributed by atoms with van der Waals surface area (Å²) < 4.78 is 20.3. The Kier molecular flexibility index (Phi) is 4.65. The van der Waals surface area contributed by atoms with E-state index in [0.29, 0.717) is 28.5 Å². The standard InChI is InChI=1S/C18H19FN4O2/c1-4-25-18(24)14-11(2)21-16(17-20-9-10-23(17)3)22-15(14)12-5-7-13(19)8-6-12/h5-10,15H,4H2,1-3H3,(H,21,22)/t15-/m1/s1.